The molecule has 1 aliphatic carbocycles. The van der Waals surface area contributed by atoms with E-state index >= 15 is 0 Å². The third-order valence-corrected chi connectivity index (χ3v) is 9.21. The first kappa shape index (κ1) is 28.8. The lowest BCUT2D eigenvalue weighted by molar-refractivity contribution is -0.139. The molecule has 10 heteroatoms. The Hall–Kier alpha value is -3.24. The van der Waals surface area contributed by atoms with Crippen molar-refractivity contribution in [2.24, 2.45) is 0 Å². The number of benzene rings is 3. The Morgan fingerprint density at radius 3 is 2.23 bits per heavy atom. The first-order chi connectivity index (χ1) is 18.7. The van der Waals surface area contributed by atoms with Gasteiger partial charge in [-0.05, 0) is 62.2 Å². The number of hydrogen-bond donors (Lipinski definition) is 1. The fraction of sp³-hybridized carbons (Fsp3) is 0.310. The van der Waals surface area contributed by atoms with Gasteiger partial charge in [0, 0.05) is 22.6 Å². The predicted molar refractivity (Wildman–Crippen MR) is 152 cm³/mol. The number of nitrogens with one attached hydrogen (secondary N) is 1. The minimum Gasteiger partial charge on any atom is -0.352 e. The van der Waals surface area contributed by atoms with Crippen molar-refractivity contribution < 1.29 is 22.4 Å². The highest BCUT2D eigenvalue weighted by Crippen LogP contribution is 2.26. The third-order valence-electron chi connectivity index (χ3n) is 6.89. The van der Waals surface area contributed by atoms with E-state index in [-0.39, 0.29) is 34.6 Å². The first-order valence-corrected chi connectivity index (χ1v) is 15.1. The average Bonchev–Trinajstić information content (AvgIpc) is 3.45. The highest BCUT2D eigenvalue weighted by Gasteiger charge is 2.33. The molecule has 0 unspecified atom stereocenters. The Morgan fingerprint density at radius 2 is 1.59 bits per heavy atom. The van der Waals surface area contributed by atoms with Crippen LogP contribution in [0.3, 0.4) is 0 Å². The van der Waals surface area contributed by atoms with E-state index in [1.54, 1.807) is 67.6 Å². The quantitative estimate of drug-likeness (QED) is 0.337. The topological polar surface area (TPSA) is 86.8 Å². The van der Waals surface area contributed by atoms with Gasteiger partial charge in [-0.3, -0.25) is 13.9 Å². The molecule has 39 heavy (non-hydrogen) atoms. The number of hydrogen-bond acceptors (Lipinski definition) is 4. The molecule has 0 saturated heterocycles. The second-order valence-corrected chi connectivity index (χ2v) is 12.4. The Labute approximate surface area is 237 Å². The van der Waals surface area contributed by atoms with Crippen molar-refractivity contribution in [3.05, 3.63) is 94.7 Å². The van der Waals surface area contributed by atoms with Gasteiger partial charge in [-0.1, -0.05) is 65.2 Å². The van der Waals surface area contributed by atoms with E-state index in [0.717, 1.165) is 34.5 Å². The van der Waals surface area contributed by atoms with E-state index in [0.29, 0.717) is 0 Å². The monoisotopic (exact) mass is 615 g/mol. The molecule has 1 atom stereocenters. The normalized spacial score (nSPS) is 14.5. The molecule has 0 spiro atoms. The van der Waals surface area contributed by atoms with Gasteiger partial charge in [0.1, 0.15) is 18.4 Å². The zero-order valence-electron chi connectivity index (χ0n) is 21.6. The van der Waals surface area contributed by atoms with Crippen molar-refractivity contribution in [3.63, 3.8) is 0 Å². The average molecular weight is 617 g/mol. The predicted octanol–water partition coefficient (Wildman–Crippen LogP) is 5.26. The highest BCUT2D eigenvalue weighted by molar-refractivity contribution is 9.10. The van der Waals surface area contributed by atoms with Gasteiger partial charge in [-0.15, -0.1) is 0 Å². The van der Waals surface area contributed by atoms with Crippen molar-refractivity contribution in [2.45, 2.75) is 56.1 Å². The maximum absolute atomic E-state index is 14.6. The van der Waals surface area contributed by atoms with E-state index in [4.69, 9.17) is 0 Å². The maximum Gasteiger partial charge on any atom is 0.264 e. The molecule has 0 aromatic heterocycles. The molecule has 1 aliphatic rings. The van der Waals surface area contributed by atoms with Crippen LogP contribution in [0, 0.1) is 5.82 Å². The van der Waals surface area contributed by atoms with Crippen LogP contribution in [0.25, 0.3) is 0 Å². The smallest absolute Gasteiger partial charge is 0.264 e. The second-order valence-electron chi connectivity index (χ2n) is 9.58. The van der Waals surface area contributed by atoms with Crippen molar-refractivity contribution in [3.8, 4) is 0 Å². The van der Waals surface area contributed by atoms with Crippen LogP contribution >= 0.6 is 15.9 Å². The fourth-order valence-electron chi connectivity index (χ4n) is 4.64. The van der Waals surface area contributed by atoms with Crippen molar-refractivity contribution >= 4 is 43.5 Å². The first-order valence-electron chi connectivity index (χ1n) is 12.8. The van der Waals surface area contributed by atoms with E-state index in [9.17, 15) is 22.4 Å². The van der Waals surface area contributed by atoms with Crippen LogP contribution < -0.4 is 9.62 Å². The number of carbonyl (C=O) groups is 2. The summed E-state index contributed by atoms with van der Waals surface area (Å²) in [7, 11) is -4.15. The molecule has 1 N–H and O–H groups in total. The molecule has 1 saturated carbocycles. The van der Waals surface area contributed by atoms with Gasteiger partial charge in [-0.25, -0.2) is 12.8 Å². The molecular weight excluding hydrogens is 585 g/mol. The van der Waals surface area contributed by atoms with Crippen LogP contribution in [0.15, 0.2) is 88.2 Å². The van der Waals surface area contributed by atoms with E-state index < -0.39 is 34.3 Å². The Kier molecular flexibility index (Phi) is 9.40. The molecule has 7 nitrogen and oxygen atoms in total. The molecule has 1 fully saturated rings. The summed E-state index contributed by atoms with van der Waals surface area (Å²) in [6.45, 7) is 0.817. The molecule has 3 aromatic carbocycles. The molecule has 2 amide bonds. The standard InChI is InChI=1S/C29H31BrFN3O4S/c1-21(29(36)32-24-10-6-7-11-24)33(19-22-9-5-8-14-27(22)31)28(35)20-34(25-17-15-23(30)16-18-25)39(37,38)26-12-3-2-4-13-26/h2-5,8-9,12-18,21,24H,6-7,10-11,19-20H2,1H3,(H,32,36)/t21-/m0/s1. The zero-order valence-corrected chi connectivity index (χ0v) is 24.0. The van der Waals surface area contributed by atoms with Crippen LogP contribution in [-0.4, -0.2) is 43.8 Å². The van der Waals surface area contributed by atoms with Gasteiger partial charge in [0.15, 0.2) is 0 Å². The lowest BCUT2D eigenvalue weighted by Crippen LogP contribution is -2.52. The molecule has 0 bridgehead atoms. The third kappa shape index (κ3) is 7.05. The number of rotatable bonds is 10. The molecular formula is C29H31BrFN3O4S. The second kappa shape index (κ2) is 12.7. The molecule has 0 radical (unpaired) electrons. The highest BCUT2D eigenvalue weighted by atomic mass is 79.9. The van der Waals surface area contributed by atoms with Gasteiger partial charge < -0.3 is 10.2 Å². The molecule has 0 heterocycles. The van der Waals surface area contributed by atoms with E-state index in [1.165, 1.54) is 23.1 Å². The maximum atomic E-state index is 14.6. The molecule has 0 aliphatic heterocycles. The van der Waals surface area contributed by atoms with Crippen molar-refractivity contribution in [2.75, 3.05) is 10.8 Å². The minimum absolute atomic E-state index is 0.0217. The van der Waals surface area contributed by atoms with Gasteiger partial charge >= 0.3 is 0 Å². The number of anilines is 1. The van der Waals surface area contributed by atoms with Gasteiger partial charge in [0.2, 0.25) is 11.8 Å². The summed E-state index contributed by atoms with van der Waals surface area (Å²) in [4.78, 5) is 28.3. The van der Waals surface area contributed by atoms with Crippen LogP contribution in [-0.2, 0) is 26.2 Å². The lowest BCUT2D eigenvalue weighted by atomic mass is 10.1. The lowest BCUT2D eigenvalue weighted by Gasteiger charge is -2.32. The molecule has 3 aromatic rings. The van der Waals surface area contributed by atoms with Crippen LogP contribution in [0.5, 0.6) is 0 Å². The SMILES string of the molecule is C[C@@H](C(=O)NC1CCCC1)N(Cc1ccccc1F)C(=O)CN(c1ccc(Br)cc1)S(=O)(=O)c1ccccc1. The summed E-state index contributed by atoms with van der Waals surface area (Å²) in [6.07, 6.45) is 3.78. The number of amides is 2. The molecule has 206 valence electrons. The number of carbonyl (C=O) groups excluding carboxylic acids is 2. The van der Waals surface area contributed by atoms with Crippen LogP contribution in [0.1, 0.15) is 38.2 Å². The number of sulfonamides is 1. The Morgan fingerprint density at radius 1 is 0.974 bits per heavy atom. The zero-order chi connectivity index (χ0) is 28.0. The summed E-state index contributed by atoms with van der Waals surface area (Å²) in [6, 6.07) is 19.5. The largest absolute Gasteiger partial charge is 0.352 e. The summed E-state index contributed by atoms with van der Waals surface area (Å²) in [5.74, 6) is -1.50. The Bertz CT molecular complexity index is 1400. The molecule has 4 rings (SSSR count). The van der Waals surface area contributed by atoms with Crippen LogP contribution in [0.2, 0.25) is 0 Å². The van der Waals surface area contributed by atoms with Gasteiger partial charge in [0.25, 0.3) is 10.0 Å². The fourth-order valence-corrected chi connectivity index (χ4v) is 6.34. The summed E-state index contributed by atoms with van der Waals surface area (Å²) >= 11 is 3.36. The van der Waals surface area contributed by atoms with E-state index in [2.05, 4.69) is 21.2 Å². The minimum atomic E-state index is -4.15. The summed E-state index contributed by atoms with van der Waals surface area (Å²) in [5, 5.41) is 3.00. The van der Waals surface area contributed by atoms with Crippen molar-refractivity contribution in [1.29, 1.82) is 0 Å². The van der Waals surface area contributed by atoms with Crippen LogP contribution in [0.4, 0.5) is 10.1 Å². The van der Waals surface area contributed by atoms with E-state index in [1.807, 2.05) is 0 Å². The summed E-state index contributed by atoms with van der Waals surface area (Å²) < 4.78 is 43.8. The van der Waals surface area contributed by atoms with Gasteiger partial charge in [0.05, 0.1) is 10.6 Å². The Balaban J connectivity index is 1.68. The van der Waals surface area contributed by atoms with Gasteiger partial charge in [-0.2, -0.15) is 0 Å². The van der Waals surface area contributed by atoms with Crippen molar-refractivity contribution in [1.82, 2.24) is 10.2 Å². The number of halogens is 2. The summed E-state index contributed by atoms with van der Waals surface area (Å²) in [5.41, 5.74) is 0.511. The number of nitrogens with zero attached hydrogens (tertiary/aromatic N) is 2.